The first kappa shape index (κ1) is 10.0. The average Bonchev–Trinajstić information content (AvgIpc) is 2.69. The molecular formula is C14H20N2. The molecule has 1 aliphatic heterocycles. The first-order valence-corrected chi connectivity index (χ1v) is 6.30. The molecule has 1 saturated heterocycles. The first-order chi connectivity index (χ1) is 7.70. The van der Waals surface area contributed by atoms with Crippen molar-refractivity contribution >= 4 is 11.4 Å². The quantitative estimate of drug-likeness (QED) is 0.731. The van der Waals surface area contributed by atoms with E-state index in [9.17, 15) is 0 Å². The van der Waals surface area contributed by atoms with E-state index in [2.05, 4.69) is 24.0 Å². The van der Waals surface area contributed by atoms with Gasteiger partial charge in [-0.25, -0.2) is 0 Å². The summed E-state index contributed by atoms with van der Waals surface area (Å²) in [6.45, 7) is 4.62. The van der Waals surface area contributed by atoms with Crippen molar-refractivity contribution < 1.29 is 0 Å². The summed E-state index contributed by atoms with van der Waals surface area (Å²) < 4.78 is 0. The third kappa shape index (κ3) is 1.40. The summed E-state index contributed by atoms with van der Waals surface area (Å²) >= 11 is 0. The highest BCUT2D eigenvalue weighted by atomic mass is 15.2. The van der Waals surface area contributed by atoms with Crippen LogP contribution in [-0.2, 0) is 0 Å². The molecule has 0 unspecified atom stereocenters. The monoisotopic (exact) mass is 216 g/mol. The van der Waals surface area contributed by atoms with E-state index in [4.69, 9.17) is 5.73 Å². The molecule has 0 bridgehead atoms. The molecule has 1 heterocycles. The Bertz CT molecular complexity index is 397. The van der Waals surface area contributed by atoms with E-state index in [-0.39, 0.29) is 0 Å². The second-order valence-corrected chi connectivity index (χ2v) is 5.55. The van der Waals surface area contributed by atoms with Crippen molar-refractivity contribution in [2.75, 3.05) is 23.7 Å². The Kier molecular flexibility index (Phi) is 2.13. The zero-order valence-corrected chi connectivity index (χ0v) is 10.00. The first-order valence-electron chi connectivity index (χ1n) is 6.30. The average molecular weight is 216 g/mol. The smallest absolute Gasteiger partial charge is 0.0417 e. The number of benzene rings is 1. The summed E-state index contributed by atoms with van der Waals surface area (Å²) in [5.74, 6) is 0. The molecule has 86 valence electrons. The van der Waals surface area contributed by atoms with E-state index in [0.717, 1.165) is 5.69 Å². The topological polar surface area (TPSA) is 29.3 Å². The number of rotatable bonds is 1. The summed E-state index contributed by atoms with van der Waals surface area (Å²) in [6.07, 6.45) is 5.74. The van der Waals surface area contributed by atoms with E-state index in [1.165, 1.54) is 50.0 Å². The molecule has 1 saturated carbocycles. The lowest BCUT2D eigenvalue weighted by atomic mass is 9.78. The van der Waals surface area contributed by atoms with Crippen LogP contribution in [0.3, 0.4) is 0 Å². The molecule has 1 aromatic rings. The molecular weight excluding hydrogens is 196 g/mol. The van der Waals surface area contributed by atoms with E-state index < -0.39 is 0 Å². The van der Waals surface area contributed by atoms with Crippen LogP contribution in [0.25, 0.3) is 0 Å². The molecule has 1 aromatic carbocycles. The van der Waals surface area contributed by atoms with Gasteiger partial charge in [-0.1, -0.05) is 18.9 Å². The maximum Gasteiger partial charge on any atom is 0.0417 e. The van der Waals surface area contributed by atoms with Crippen LogP contribution in [0.5, 0.6) is 0 Å². The van der Waals surface area contributed by atoms with E-state index in [0.29, 0.717) is 5.41 Å². The van der Waals surface area contributed by atoms with Crippen molar-refractivity contribution in [2.45, 2.75) is 32.6 Å². The fraction of sp³-hybridized carbons (Fsp3) is 0.571. The molecule has 1 aliphatic carbocycles. The largest absolute Gasteiger partial charge is 0.398 e. The molecule has 2 N–H and O–H groups in total. The molecule has 0 atom stereocenters. The van der Waals surface area contributed by atoms with Gasteiger partial charge in [0.1, 0.15) is 0 Å². The van der Waals surface area contributed by atoms with Gasteiger partial charge in [-0.2, -0.15) is 0 Å². The van der Waals surface area contributed by atoms with Gasteiger partial charge in [0, 0.05) is 29.9 Å². The number of hydrogen-bond acceptors (Lipinski definition) is 2. The molecule has 2 fully saturated rings. The Morgan fingerprint density at radius 2 is 1.88 bits per heavy atom. The van der Waals surface area contributed by atoms with Gasteiger partial charge in [-0.05, 0) is 37.5 Å². The van der Waals surface area contributed by atoms with Gasteiger partial charge in [0.15, 0.2) is 0 Å². The van der Waals surface area contributed by atoms with Crippen molar-refractivity contribution in [1.29, 1.82) is 0 Å². The minimum atomic E-state index is 0.664. The Morgan fingerprint density at radius 3 is 2.56 bits per heavy atom. The predicted octanol–water partition coefficient (Wildman–Crippen LogP) is 2.96. The highest BCUT2D eigenvalue weighted by molar-refractivity contribution is 5.65. The normalized spacial score (nSPS) is 22.4. The van der Waals surface area contributed by atoms with Gasteiger partial charge in [0.05, 0.1) is 0 Å². The molecule has 16 heavy (non-hydrogen) atoms. The lowest BCUT2D eigenvalue weighted by Gasteiger charge is -2.50. The molecule has 2 nitrogen and oxygen atoms in total. The summed E-state index contributed by atoms with van der Waals surface area (Å²) in [5, 5.41) is 0. The van der Waals surface area contributed by atoms with Gasteiger partial charge in [-0.3, -0.25) is 0 Å². The Balaban J connectivity index is 1.78. The van der Waals surface area contributed by atoms with Crippen molar-refractivity contribution in [3.8, 4) is 0 Å². The Hall–Kier alpha value is -1.18. The second-order valence-electron chi connectivity index (χ2n) is 5.55. The van der Waals surface area contributed by atoms with E-state index in [1.807, 2.05) is 6.07 Å². The summed E-state index contributed by atoms with van der Waals surface area (Å²) in [6, 6.07) is 6.26. The van der Waals surface area contributed by atoms with Gasteiger partial charge in [0.2, 0.25) is 0 Å². The molecule has 0 aromatic heterocycles. The number of hydrogen-bond donors (Lipinski definition) is 1. The van der Waals surface area contributed by atoms with Gasteiger partial charge in [0.25, 0.3) is 0 Å². The maximum atomic E-state index is 5.96. The van der Waals surface area contributed by atoms with Crippen molar-refractivity contribution in [2.24, 2.45) is 5.41 Å². The maximum absolute atomic E-state index is 5.96. The number of nitrogens with zero attached hydrogens (tertiary/aromatic N) is 1. The van der Waals surface area contributed by atoms with Crippen LogP contribution in [0.15, 0.2) is 18.2 Å². The van der Waals surface area contributed by atoms with Crippen LogP contribution in [0.4, 0.5) is 11.4 Å². The van der Waals surface area contributed by atoms with E-state index >= 15 is 0 Å². The van der Waals surface area contributed by atoms with Crippen molar-refractivity contribution in [3.63, 3.8) is 0 Å². The SMILES string of the molecule is Cc1c(N)cccc1N1CC2(CCCC2)C1. The van der Waals surface area contributed by atoms with Crippen LogP contribution in [0, 0.1) is 12.3 Å². The third-order valence-electron chi connectivity index (χ3n) is 4.40. The summed E-state index contributed by atoms with van der Waals surface area (Å²) in [7, 11) is 0. The molecule has 2 aliphatic rings. The lowest BCUT2D eigenvalue weighted by Crippen LogP contribution is -2.55. The highest BCUT2D eigenvalue weighted by Gasteiger charge is 2.44. The lowest BCUT2D eigenvalue weighted by molar-refractivity contribution is 0.222. The van der Waals surface area contributed by atoms with Crippen molar-refractivity contribution in [1.82, 2.24) is 0 Å². The summed E-state index contributed by atoms with van der Waals surface area (Å²) in [5.41, 5.74) is 10.1. The molecule has 0 amide bonds. The van der Waals surface area contributed by atoms with Crippen LogP contribution >= 0.6 is 0 Å². The number of nitrogens with two attached hydrogens (primary N) is 1. The standard InChI is InChI=1S/C14H20N2/c1-11-12(15)5-4-6-13(11)16-9-14(10-16)7-2-3-8-14/h4-6H,2-3,7-10,15H2,1H3. The second kappa shape index (κ2) is 3.41. The minimum absolute atomic E-state index is 0.664. The summed E-state index contributed by atoms with van der Waals surface area (Å²) in [4.78, 5) is 2.50. The van der Waals surface area contributed by atoms with Crippen LogP contribution in [-0.4, -0.2) is 13.1 Å². The van der Waals surface area contributed by atoms with Gasteiger partial charge >= 0.3 is 0 Å². The van der Waals surface area contributed by atoms with Crippen molar-refractivity contribution in [3.05, 3.63) is 23.8 Å². The van der Waals surface area contributed by atoms with Crippen LogP contribution in [0.1, 0.15) is 31.2 Å². The molecule has 1 spiro atoms. The van der Waals surface area contributed by atoms with Gasteiger partial charge in [-0.15, -0.1) is 0 Å². The fourth-order valence-electron chi connectivity index (χ4n) is 3.36. The number of nitrogen functional groups attached to an aromatic ring is 1. The van der Waals surface area contributed by atoms with E-state index in [1.54, 1.807) is 0 Å². The molecule has 3 rings (SSSR count). The Labute approximate surface area is 97.4 Å². The minimum Gasteiger partial charge on any atom is -0.398 e. The van der Waals surface area contributed by atoms with Gasteiger partial charge < -0.3 is 10.6 Å². The zero-order valence-electron chi connectivity index (χ0n) is 10.00. The van der Waals surface area contributed by atoms with Crippen LogP contribution < -0.4 is 10.6 Å². The Morgan fingerprint density at radius 1 is 1.19 bits per heavy atom. The third-order valence-corrected chi connectivity index (χ3v) is 4.40. The number of anilines is 2. The fourth-order valence-corrected chi connectivity index (χ4v) is 3.36. The van der Waals surface area contributed by atoms with Crippen LogP contribution in [0.2, 0.25) is 0 Å². The zero-order chi connectivity index (χ0) is 11.2. The molecule has 2 heteroatoms. The highest BCUT2D eigenvalue weighted by Crippen LogP contribution is 2.47. The predicted molar refractivity (Wildman–Crippen MR) is 68.7 cm³/mol. The molecule has 0 radical (unpaired) electrons.